The second-order valence-corrected chi connectivity index (χ2v) is 6.91. The van der Waals surface area contributed by atoms with Gasteiger partial charge in [-0.3, -0.25) is 9.59 Å². The Balaban J connectivity index is 2.74. The first-order valence-corrected chi connectivity index (χ1v) is 7.67. The Morgan fingerprint density at radius 2 is 1.72 bits per heavy atom. The fraction of sp³-hybridized carbons (Fsp3) is 0.733. The first-order valence-electron chi connectivity index (χ1n) is 7.67. The molecule has 0 bridgehead atoms. The number of hydrogen-bond acceptors (Lipinski definition) is 5. The van der Waals surface area contributed by atoms with Crippen LogP contribution in [-0.4, -0.2) is 65.1 Å². The Morgan fingerprint density at radius 1 is 1.12 bits per heavy atom. The molecule has 0 aliphatic carbocycles. The number of aromatic nitrogens is 2. The number of carbonyl (C=O) groups is 2. The third kappa shape index (κ3) is 7.10. The Labute approximate surface area is 144 Å². The summed E-state index contributed by atoms with van der Waals surface area (Å²) in [7, 11) is 2.82. The molecule has 2 amide bonds. The summed E-state index contributed by atoms with van der Waals surface area (Å²) < 4.78 is 43.0. The molecule has 0 saturated carbocycles. The zero-order valence-corrected chi connectivity index (χ0v) is 15.0. The first kappa shape index (κ1) is 20.9. The molecule has 0 N–H and O–H groups in total. The highest BCUT2D eigenvalue weighted by atomic mass is 19.4. The van der Waals surface area contributed by atoms with Crippen molar-refractivity contribution in [2.24, 2.45) is 0 Å². The number of hydrogen-bond donors (Lipinski definition) is 0. The predicted molar refractivity (Wildman–Crippen MR) is 82.6 cm³/mol. The van der Waals surface area contributed by atoms with Gasteiger partial charge in [-0.15, -0.1) is 0 Å². The third-order valence-corrected chi connectivity index (χ3v) is 3.24. The van der Waals surface area contributed by atoms with Crippen LogP contribution in [0.4, 0.5) is 13.2 Å². The van der Waals surface area contributed by atoms with E-state index in [1.54, 1.807) is 0 Å². The maximum Gasteiger partial charge on any atom is 0.406 e. The Morgan fingerprint density at radius 3 is 2.16 bits per heavy atom. The Kier molecular flexibility index (Phi) is 6.55. The van der Waals surface area contributed by atoms with Crippen molar-refractivity contribution in [2.45, 2.75) is 45.2 Å². The number of alkyl halides is 3. The summed E-state index contributed by atoms with van der Waals surface area (Å²) in [4.78, 5) is 29.5. The summed E-state index contributed by atoms with van der Waals surface area (Å²) in [6.07, 6.45) is -4.85. The van der Waals surface area contributed by atoms with Gasteiger partial charge in [-0.2, -0.15) is 18.2 Å². The molecule has 0 aliphatic heterocycles. The number of amides is 2. The minimum Gasteiger partial charge on any atom is -0.347 e. The number of aryl methyl sites for hydroxylation is 1. The number of rotatable bonds is 6. The van der Waals surface area contributed by atoms with Gasteiger partial charge < -0.3 is 14.3 Å². The molecular formula is C15H23F3N4O3. The lowest BCUT2D eigenvalue weighted by Gasteiger charge is -2.24. The molecule has 0 fully saturated rings. The fourth-order valence-corrected chi connectivity index (χ4v) is 1.79. The molecule has 0 spiro atoms. The standard InChI is InChI=1S/C15H23F3N4O3/c1-14(2,3)13-19-10(25-20-13)6-7-11(23)22(9-15(16,17)18)8-12(24)21(4)5/h6-9H2,1-5H3. The van der Waals surface area contributed by atoms with Crippen LogP contribution < -0.4 is 0 Å². The molecule has 142 valence electrons. The Hall–Kier alpha value is -2.13. The van der Waals surface area contributed by atoms with E-state index < -0.39 is 31.1 Å². The van der Waals surface area contributed by atoms with Crippen molar-refractivity contribution in [1.82, 2.24) is 19.9 Å². The average Bonchev–Trinajstić information content (AvgIpc) is 2.91. The lowest BCUT2D eigenvalue weighted by molar-refractivity contribution is -0.164. The molecule has 0 saturated heterocycles. The van der Waals surface area contributed by atoms with E-state index in [4.69, 9.17) is 4.52 Å². The van der Waals surface area contributed by atoms with E-state index in [0.29, 0.717) is 10.7 Å². The van der Waals surface area contributed by atoms with E-state index in [2.05, 4.69) is 10.1 Å². The van der Waals surface area contributed by atoms with E-state index >= 15 is 0 Å². The molecule has 1 rings (SSSR count). The van der Waals surface area contributed by atoms with Gasteiger partial charge in [-0.05, 0) is 0 Å². The van der Waals surface area contributed by atoms with Crippen LogP contribution in [0, 0.1) is 0 Å². The van der Waals surface area contributed by atoms with Crippen molar-refractivity contribution in [2.75, 3.05) is 27.2 Å². The van der Waals surface area contributed by atoms with Gasteiger partial charge in [-0.25, -0.2) is 0 Å². The molecule has 1 heterocycles. The lowest BCUT2D eigenvalue weighted by atomic mass is 9.96. The number of likely N-dealkylation sites (N-methyl/N-ethyl adjacent to an activating group) is 1. The summed E-state index contributed by atoms with van der Waals surface area (Å²) in [5.74, 6) is -0.775. The van der Waals surface area contributed by atoms with Gasteiger partial charge in [0.15, 0.2) is 5.82 Å². The smallest absolute Gasteiger partial charge is 0.347 e. The van der Waals surface area contributed by atoms with E-state index in [1.165, 1.54) is 14.1 Å². The van der Waals surface area contributed by atoms with Crippen LogP contribution in [0.3, 0.4) is 0 Å². The predicted octanol–water partition coefficient (Wildman–Crippen LogP) is 1.78. The molecule has 25 heavy (non-hydrogen) atoms. The largest absolute Gasteiger partial charge is 0.406 e. The molecule has 0 aromatic carbocycles. The van der Waals surface area contributed by atoms with Crippen molar-refractivity contribution in [1.29, 1.82) is 0 Å². The molecule has 1 aromatic heterocycles. The van der Waals surface area contributed by atoms with Gasteiger partial charge in [0.1, 0.15) is 13.1 Å². The lowest BCUT2D eigenvalue weighted by Crippen LogP contribution is -2.44. The van der Waals surface area contributed by atoms with Crippen LogP contribution in [0.1, 0.15) is 38.9 Å². The van der Waals surface area contributed by atoms with Gasteiger partial charge in [-0.1, -0.05) is 25.9 Å². The molecule has 0 radical (unpaired) electrons. The summed E-state index contributed by atoms with van der Waals surface area (Å²) in [5, 5.41) is 3.79. The summed E-state index contributed by atoms with van der Waals surface area (Å²) in [6.45, 7) is 3.52. The van der Waals surface area contributed by atoms with Gasteiger partial charge in [0.25, 0.3) is 0 Å². The normalized spacial score (nSPS) is 12.2. The highest BCUT2D eigenvalue weighted by molar-refractivity contribution is 5.84. The third-order valence-electron chi connectivity index (χ3n) is 3.24. The van der Waals surface area contributed by atoms with Crippen molar-refractivity contribution in [3.63, 3.8) is 0 Å². The molecule has 1 aromatic rings. The molecule has 7 nitrogen and oxygen atoms in total. The van der Waals surface area contributed by atoms with E-state index in [-0.39, 0.29) is 24.1 Å². The van der Waals surface area contributed by atoms with Gasteiger partial charge in [0.05, 0.1) is 0 Å². The fourth-order valence-electron chi connectivity index (χ4n) is 1.79. The van der Waals surface area contributed by atoms with E-state index in [9.17, 15) is 22.8 Å². The van der Waals surface area contributed by atoms with Crippen molar-refractivity contribution in [3.05, 3.63) is 11.7 Å². The summed E-state index contributed by atoms with van der Waals surface area (Å²) in [5.41, 5.74) is -0.341. The van der Waals surface area contributed by atoms with E-state index in [1.807, 2.05) is 20.8 Å². The van der Waals surface area contributed by atoms with Crippen LogP contribution in [0.2, 0.25) is 0 Å². The first-order chi connectivity index (χ1) is 11.3. The van der Waals surface area contributed by atoms with Crippen molar-refractivity contribution < 1.29 is 27.3 Å². The summed E-state index contributed by atoms with van der Waals surface area (Å²) >= 11 is 0. The number of carbonyl (C=O) groups excluding carboxylic acids is 2. The highest BCUT2D eigenvalue weighted by Gasteiger charge is 2.34. The van der Waals surface area contributed by atoms with Crippen LogP contribution in [0.5, 0.6) is 0 Å². The monoisotopic (exact) mass is 364 g/mol. The topological polar surface area (TPSA) is 79.5 Å². The second kappa shape index (κ2) is 7.83. The maximum absolute atomic E-state index is 12.7. The van der Waals surface area contributed by atoms with Crippen LogP contribution in [0.15, 0.2) is 4.52 Å². The van der Waals surface area contributed by atoms with Crippen LogP contribution in [0.25, 0.3) is 0 Å². The summed E-state index contributed by atoms with van der Waals surface area (Å²) in [6, 6.07) is 0. The van der Waals surface area contributed by atoms with Gasteiger partial charge in [0.2, 0.25) is 17.7 Å². The molecule has 0 aliphatic rings. The molecule has 0 atom stereocenters. The minimum atomic E-state index is -4.59. The van der Waals surface area contributed by atoms with E-state index in [0.717, 1.165) is 4.90 Å². The quantitative estimate of drug-likeness (QED) is 0.769. The number of nitrogens with zero attached hydrogens (tertiary/aromatic N) is 4. The van der Waals surface area contributed by atoms with Crippen LogP contribution >= 0.6 is 0 Å². The van der Waals surface area contributed by atoms with Crippen molar-refractivity contribution >= 4 is 11.8 Å². The van der Waals surface area contributed by atoms with Crippen LogP contribution in [-0.2, 0) is 21.4 Å². The van der Waals surface area contributed by atoms with Gasteiger partial charge in [0, 0.05) is 32.4 Å². The second-order valence-electron chi connectivity index (χ2n) is 6.91. The average molecular weight is 364 g/mol. The molecule has 10 heteroatoms. The zero-order chi connectivity index (χ0) is 19.4. The minimum absolute atomic E-state index is 0.00637. The van der Waals surface area contributed by atoms with Crippen molar-refractivity contribution in [3.8, 4) is 0 Å². The highest BCUT2D eigenvalue weighted by Crippen LogP contribution is 2.20. The zero-order valence-electron chi connectivity index (χ0n) is 15.0. The molecule has 0 unspecified atom stereocenters. The number of halogens is 3. The molecular weight excluding hydrogens is 341 g/mol. The van der Waals surface area contributed by atoms with Gasteiger partial charge >= 0.3 is 6.18 Å². The SMILES string of the molecule is CN(C)C(=O)CN(CC(F)(F)F)C(=O)CCc1nc(C(C)(C)C)no1. The maximum atomic E-state index is 12.7. The Bertz CT molecular complexity index is 606.